The van der Waals surface area contributed by atoms with E-state index in [1.54, 1.807) is 21.8 Å². The van der Waals surface area contributed by atoms with E-state index >= 15 is 0 Å². The van der Waals surface area contributed by atoms with Gasteiger partial charge in [0, 0.05) is 37.4 Å². The van der Waals surface area contributed by atoms with E-state index in [1.165, 1.54) is 6.20 Å². The number of hydrogen-bond acceptors (Lipinski definition) is 5. The molecule has 29 heavy (non-hydrogen) atoms. The molecule has 1 fully saturated rings. The van der Waals surface area contributed by atoms with Gasteiger partial charge in [-0.15, -0.1) is 5.10 Å². The Bertz CT molecular complexity index is 1060. The summed E-state index contributed by atoms with van der Waals surface area (Å²) in [6.07, 6.45) is -0.173. The van der Waals surface area contributed by atoms with Crippen LogP contribution in [0.1, 0.15) is 53.3 Å². The van der Waals surface area contributed by atoms with Gasteiger partial charge in [0.05, 0.1) is 17.5 Å². The van der Waals surface area contributed by atoms with Crippen molar-refractivity contribution in [2.24, 2.45) is 0 Å². The van der Waals surface area contributed by atoms with E-state index in [-0.39, 0.29) is 17.6 Å². The van der Waals surface area contributed by atoms with Crippen molar-refractivity contribution in [1.29, 1.82) is 0 Å². The van der Waals surface area contributed by atoms with E-state index in [1.807, 2.05) is 13.8 Å². The maximum atomic E-state index is 13.0. The molecule has 0 spiro atoms. The van der Waals surface area contributed by atoms with Gasteiger partial charge in [0.2, 0.25) is 0 Å². The lowest BCUT2D eigenvalue weighted by Crippen LogP contribution is -2.39. The van der Waals surface area contributed by atoms with Crippen molar-refractivity contribution in [3.63, 3.8) is 0 Å². The molecule has 1 aliphatic rings. The van der Waals surface area contributed by atoms with Crippen LogP contribution >= 0.6 is 0 Å². The van der Waals surface area contributed by atoms with Crippen molar-refractivity contribution in [1.82, 2.24) is 34.3 Å². The van der Waals surface area contributed by atoms with Gasteiger partial charge in [0.15, 0.2) is 0 Å². The van der Waals surface area contributed by atoms with E-state index in [9.17, 15) is 18.0 Å². The summed E-state index contributed by atoms with van der Waals surface area (Å²) in [5.74, 6) is -1.60. The highest BCUT2D eigenvalue weighted by Crippen LogP contribution is 2.30. The first-order chi connectivity index (χ1) is 13.8. The molecular weight excluding hydrogens is 387 g/mol. The Kier molecular flexibility index (Phi) is 4.75. The SMILES string of the molecule is CCn1ncc(C(=O)N2CCC[C@@H](c3ccnc4nc(C(F)(F)F)nn34)C2)c1C. The first kappa shape index (κ1) is 19.3. The van der Waals surface area contributed by atoms with E-state index < -0.39 is 12.0 Å². The summed E-state index contributed by atoms with van der Waals surface area (Å²) in [7, 11) is 0. The number of carbonyl (C=O) groups excluding carboxylic acids is 1. The number of rotatable bonds is 3. The van der Waals surface area contributed by atoms with E-state index in [4.69, 9.17) is 0 Å². The van der Waals surface area contributed by atoms with Crippen LogP contribution < -0.4 is 0 Å². The quantitative estimate of drug-likeness (QED) is 0.667. The summed E-state index contributed by atoms with van der Waals surface area (Å²) < 4.78 is 41.9. The van der Waals surface area contributed by atoms with Crippen LogP contribution in [0.3, 0.4) is 0 Å². The van der Waals surface area contributed by atoms with Crippen LogP contribution in [0.2, 0.25) is 0 Å². The average Bonchev–Trinajstić information content (AvgIpc) is 3.30. The van der Waals surface area contributed by atoms with Crippen molar-refractivity contribution >= 4 is 11.7 Å². The van der Waals surface area contributed by atoms with Gasteiger partial charge in [-0.3, -0.25) is 9.48 Å². The standard InChI is InChI=1S/C18H20F3N7O/c1-3-27-11(2)13(9-23-27)15(29)26-8-4-5-12(10-26)14-6-7-22-17-24-16(18(19,20)21)25-28(14)17/h6-7,9,12H,3-5,8,10H2,1-2H3/t12-/m1/s1. The van der Waals surface area contributed by atoms with Crippen LogP contribution in [0.4, 0.5) is 13.2 Å². The molecule has 8 nitrogen and oxygen atoms in total. The number of amides is 1. The molecule has 4 rings (SSSR count). The Morgan fingerprint density at radius 2 is 2.14 bits per heavy atom. The van der Waals surface area contributed by atoms with E-state index in [0.717, 1.165) is 23.1 Å². The number of nitrogens with zero attached hydrogens (tertiary/aromatic N) is 7. The molecule has 1 saturated heterocycles. The van der Waals surface area contributed by atoms with Crippen LogP contribution in [0, 0.1) is 6.92 Å². The van der Waals surface area contributed by atoms with Gasteiger partial charge in [0.1, 0.15) is 0 Å². The molecule has 4 heterocycles. The first-order valence-electron chi connectivity index (χ1n) is 9.40. The number of halogens is 3. The number of aromatic nitrogens is 6. The minimum Gasteiger partial charge on any atom is -0.338 e. The lowest BCUT2D eigenvalue weighted by atomic mass is 9.94. The average molecular weight is 407 g/mol. The molecule has 0 aromatic carbocycles. The number of aryl methyl sites for hydroxylation is 1. The monoisotopic (exact) mass is 407 g/mol. The Labute approximate surface area is 164 Å². The summed E-state index contributed by atoms with van der Waals surface area (Å²) >= 11 is 0. The summed E-state index contributed by atoms with van der Waals surface area (Å²) in [4.78, 5) is 22.1. The third-order valence-electron chi connectivity index (χ3n) is 5.28. The van der Waals surface area contributed by atoms with Crippen molar-refractivity contribution in [3.8, 4) is 0 Å². The predicted molar refractivity (Wildman–Crippen MR) is 96.3 cm³/mol. The summed E-state index contributed by atoms with van der Waals surface area (Å²) in [6.45, 7) is 5.45. The molecule has 1 atom stereocenters. The zero-order chi connectivity index (χ0) is 20.8. The van der Waals surface area contributed by atoms with Crippen molar-refractivity contribution < 1.29 is 18.0 Å². The smallest absolute Gasteiger partial charge is 0.338 e. The third-order valence-corrected chi connectivity index (χ3v) is 5.28. The highest BCUT2D eigenvalue weighted by atomic mass is 19.4. The Hall–Kier alpha value is -2.98. The summed E-state index contributed by atoms with van der Waals surface area (Å²) in [5.41, 5.74) is 1.92. The molecule has 0 aliphatic carbocycles. The molecule has 0 unspecified atom stereocenters. The van der Waals surface area contributed by atoms with Gasteiger partial charge in [-0.25, -0.2) is 9.50 Å². The van der Waals surface area contributed by atoms with Gasteiger partial charge in [-0.05, 0) is 32.8 Å². The minimum atomic E-state index is -4.64. The third kappa shape index (κ3) is 3.45. The second-order valence-electron chi connectivity index (χ2n) is 7.06. The fourth-order valence-corrected chi connectivity index (χ4v) is 3.79. The van der Waals surface area contributed by atoms with Crippen LogP contribution in [-0.2, 0) is 12.7 Å². The van der Waals surface area contributed by atoms with Crippen molar-refractivity contribution in [2.45, 2.75) is 45.3 Å². The summed E-state index contributed by atoms with van der Waals surface area (Å²) in [5, 5.41) is 7.84. The Morgan fingerprint density at radius 3 is 2.83 bits per heavy atom. The molecular formula is C18H20F3N7O. The lowest BCUT2D eigenvalue weighted by molar-refractivity contribution is -0.144. The second kappa shape index (κ2) is 7.12. The number of fused-ring (bicyclic) bond motifs is 1. The van der Waals surface area contributed by atoms with Crippen molar-refractivity contribution in [3.05, 3.63) is 41.2 Å². The molecule has 1 amide bonds. The maximum Gasteiger partial charge on any atom is 0.453 e. The summed E-state index contributed by atoms with van der Waals surface area (Å²) in [6, 6.07) is 1.64. The molecule has 0 radical (unpaired) electrons. The van der Waals surface area contributed by atoms with Gasteiger partial charge >= 0.3 is 6.18 Å². The largest absolute Gasteiger partial charge is 0.453 e. The highest BCUT2D eigenvalue weighted by Gasteiger charge is 2.37. The number of hydrogen-bond donors (Lipinski definition) is 0. The molecule has 1 aliphatic heterocycles. The zero-order valence-electron chi connectivity index (χ0n) is 16.0. The second-order valence-corrected chi connectivity index (χ2v) is 7.06. The maximum absolute atomic E-state index is 13.0. The van der Waals surface area contributed by atoms with Crippen LogP contribution in [0.25, 0.3) is 5.78 Å². The highest BCUT2D eigenvalue weighted by molar-refractivity contribution is 5.95. The first-order valence-corrected chi connectivity index (χ1v) is 9.40. The van der Waals surface area contributed by atoms with Gasteiger partial charge < -0.3 is 4.90 Å². The van der Waals surface area contributed by atoms with Crippen LogP contribution in [0.5, 0.6) is 0 Å². The van der Waals surface area contributed by atoms with Crippen molar-refractivity contribution in [2.75, 3.05) is 13.1 Å². The van der Waals surface area contributed by atoms with Gasteiger partial charge in [0.25, 0.3) is 17.5 Å². The van der Waals surface area contributed by atoms with E-state index in [2.05, 4.69) is 20.2 Å². The Morgan fingerprint density at radius 1 is 1.34 bits per heavy atom. The van der Waals surface area contributed by atoms with Gasteiger partial charge in [-0.2, -0.15) is 23.3 Å². The zero-order valence-corrected chi connectivity index (χ0v) is 16.0. The fourth-order valence-electron chi connectivity index (χ4n) is 3.79. The van der Waals surface area contributed by atoms with E-state index in [0.29, 0.717) is 30.9 Å². The number of carbonyl (C=O) groups is 1. The molecule has 3 aromatic rings. The Balaban J connectivity index is 1.62. The minimum absolute atomic E-state index is 0.0988. The molecule has 0 saturated carbocycles. The number of alkyl halides is 3. The molecule has 0 bridgehead atoms. The van der Waals surface area contributed by atoms with Gasteiger partial charge in [-0.1, -0.05) is 0 Å². The molecule has 154 valence electrons. The number of piperidine rings is 1. The fraction of sp³-hybridized carbons (Fsp3) is 0.500. The molecule has 0 N–H and O–H groups in total. The predicted octanol–water partition coefficient (Wildman–Crippen LogP) is 2.69. The van der Waals surface area contributed by atoms with Crippen LogP contribution in [0.15, 0.2) is 18.5 Å². The van der Waals surface area contributed by atoms with Crippen LogP contribution in [-0.4, -0.2) is 53.3 Å². The topological polar surface area (TPSA) is 81.2 Å². The molecule has 3 aromatic heterocycles. The number of likely N-dealkylation sites (tertiary alicyclic amines) is 1. The molecule has 11 heteroatoms. The normalized spacial score (nSPS) is 17.8. The lowest BCUT2D eigenvalue weighted by Gasteiger charge is -2.32.